The summed E-state index contributed by atoms with van der Waals surface area (Å²) in [5.41, 5.74) is 3.47. The zero-order valence-electron chi connectivity index (χ0n) is 11.6. The van der Waals surface area contributed by atoms with Crippen LogP contribution in [0.2, 0.25) is 0 Å². The molecule has 3 aromatic rings. The number of aromatic nitrogens is 2. The number of phenolic OH excluding ortho intramolecular Hbond substituents is 1. The van der Waals surface area contributed by atoms with E-state index in [0.717, 1.165) is 26.7 Å². The van der Waals surface area contributed by atoms with Crippen LogP contribution >= 0.6 is 15.9 Å². The third-order valence-corrected chi connectivity index (χ3v) is 3.98. The van der Waals surface area contributed by atoms with Crippen LogP contribution in [0.25, 0.3) is 22.8 Å². The minimum absolute atomic E-state index is 0.212. The maximum atomic E-state index is 9.76. The van der Waals surface area contributed by atoms with Crippen LogP contribution in [-0.4, -0.2) is 15.2 Å². The van der Waals surface area contributed by atoms with Crippen molar-refractivity contribution in [3.63, 3.8) is 0 Å². The highest BCUT2D eigenvalue weighted by Crippen LogP contribution is 2.31. The Labute approximate surface area is 130 Å². The Hall–Kier alpha value is -2.14. The summed E-state index contributed by atoms with van der Waals surface area (Å²) in [7, 11) is 0. The van der Waals surface area contributed by atoms with Crippen LogP contribution < -0.4 is 0 Å². The number of aryl methyl sites for hydroxylation is 1. The van der Waals surface area contributed by atoms with E-state index in [0.29, 0.717) is 11.7 Å². The first-order valence-corrected chi connectivity index (χ1v) is 7.25. The highest BCUT2D eigenvalue weighted by molar-refractivity contribution is 9.10. The monoisotopic (exact) mass is 344 g/mol. The number of phenols is 1. The largest absolute Gasteiger partial charge is 0.508 e. The molecular weight excluding hydrogens is 332 g/mol. The molecule has 0 atom stereocenters. The van der Waals surface area contributed by atoms with E-state index >= 15 is 0 Å². The van der Waals surface area contributed by atoms with Crippen molar-refractivity contribution in [2.75, 3.05) is 0 Å². The third-order valence-electron chi connectivity index (χ3n) is 3.33. The van der Waals surface area contributed by atoms with Crippen LogP contribution in [0.15, 0.2) is 45.4 Å². The van der Waals surface area contributed by atoms with Gasteiger partial charge in [0.15, 0.2) is 0 Å². The van der Waals surface area contributed by atoms with E-state index in [4.69, 9.17) is 4.52 Å². The van der Waals surface area contributed by atoms with Gasteiger partial charge in [0.1, 0.15) is 5.75 Å². The Morgan fingerprint density at radius 1 is 1.10 bits per heavy atom. The predicted octanol–water partition coefficient (Wildman–Crippen LogP) is 4.49. The van der Waals surface area contributed by atoms with Gasteiger partial charge in [-0.3, -0.25) is 0 Å². The first kappa shape index (κ1) is 13.8. The number of aromatic hydroxyl groups is 1. The van der Waals surface area contributed by atoms with Gasteiger partial charge in [-0.2, -0.15) is 4.98 Å². The second-order valence-corrected chi connectivity index (χ2v) is 5.71. The van der Waals surface area contributed by atoms with Crippen molar-refractivity contribution in [2.24, 2.45) is 0 Å². The van der Waals surface area contributed by atoms with Crippen molar-refractivity contribution in [2.45, 2.75) is 13.8 Å². The summed E-state index contributed by atoms with van der Waals surface area (Å²) in [6.07, 6.45) is 0. The van der Waals surface area contributed by atoms with Crippen LogP contribution in [-0.2, 0) is 0 Å². The van der Waals surface area contributed by atoms with Gasteiger partial charge >= 0.3 is 0 Å². The third kappa shape index (κ3) is 2.56. The molecule has 21 heavy (non-hydrogen) atoms. The lowest BCUT2D eigenvalue weighted by Gasteiger charge is -2.02. The van der Waals surface area contributed by atoms with Crippen molar-refractivity contribution < 1.29 is 9.63 Å². The predicted molar refractivity (Wildman–Crippen MR) is 84.0 cm³/mol. The Bertz CT molecular complexity index is 812. The van der Waals surface area contributed by atoms with Gasteiger partial charge in [-0.25, -0.2) is 0 Å². The highest BCUT2D eigenvalue weighted by Gasteiger charge is 2.15. The molecule has 0 saturated heterocycles. The molecule has 0 aliphatic rings. The van der Waals surface area contributed by atoms with E-state index in [9.17, 15) is 5.11 Å². The van der Waals surface area contributed by atoms with Gasteiger partial charge in [0.25, 0.3) is 5.89 Å². The van der Waals surface area contributed by atoms with Crippen molar-refractivity contribution in [1.82, 2.24) is 10.1 Å². The van der Waals surface area contributed by atoms with E-state index in [1.807, 2.05) is 38.1 Å². The van der Waals surface area contributed by atoms with E-state index in [-0.39, 0.29) is 5.75 Å². The quantitative estimate of drug-likeness (QED) is 0.744. The van der Waals surface area contributed by atoms with E-state index in [2.05, 4.69) is 26.1 Å². The molecule has 5 heteroatoms. The molecule has 3 rings (SSSR count). The molecule has 0 amide bonds. The fourth-order valence-electron chi connectivity index (χ4n) is 2.10. The average Bonchev–Trinajstić information content (AvgIpc) is 2.91. The molecule has 0 aliphatic carbocycles. The Morgan fingerprint density at radius 3 is 2.67 bits per heavy atom. The van der Waals surface area contributed by atoms with Crippen molar-refractivity contribution in [3.05, 3.63) is 52.0 Å². The molecule has 0 radical (unpaired) electrons. The van der Waals surface area contributed by atoms with Crippen LogP contribution in [0, 0.1) is 13.8 Å². The van der Waals surface area contributed by atoms with Crippen molar-refractivity contribution in [1.29, 1.82) is 0 Å². The fraction of sp³-hybridized carbons (Fsp3) is 0.125. The molecule has 0 spiro atoms. The molecular formula is C16H13BrN2O2. The number of hydrogen-bond acceptors (Lipinski definition) is 4. The van der Waals surface area contributed by atoms with Gasteiger partial charge in [0, 0.05) is 21.2 Å². The van der Waals surface area contributed by atoms with Crippen LogP contribution in [0.1, 0.15) is 11.1 Å². The summed E-state index contributed by atoms with van der Waals surface area (Å²) in [4.78, 5) is 4.42. The van der Waals surface area contributed by atoms with Crippen LogP contribution in [0.4, 0.5) is 0 Å². The maximum Gasteiger partial charge on any atom is 0.258 e. The molecule has 0 saturated carbocycles. The summed E-state index contributed by atoms with van der Waals surface area (Å²) < 4.78 is 6.25. The molecule has 1 heterocycles. The molecule has 1 N–H and O–H groups in total. The van der Waals surface area contributed by atoms with Gasteiger partial charge < -0.3 is 9.63 Å². The molecule has 1 aromatic heterocycles. The Balaban J connectivity index is 2.06. The molecule has 0 fully saturated rings. The smallest absolute Gasteiger partial charge is 0.258 e. The molecule has 4 nitrogen and oxygen atoms in total. The minimum Gasteiger partial charge on any atom is -0.508 e. The van der Waals surface area contributed by atoms with Gasteiger partial charge in [0.05, 0.1) is 0 Å². The first-order valence-electron chi connectivity index (χ1n) is 6.45. The van der Waals surface area contributed by atoms with E-state index in [1.54, 1.807) is 12.1 Å². The average molecular weight is 345 g/mol. The highest BCUT2D eigenvalue weighted by atomic mass is 79.9. The van der Waals surface area contributed by atoms with Crippen molar-refractivity contribution >= 4 is 15.9 Å². The zero-order valence-corrected chi connectivity index (χ0v) is 13.2. The normalized spacial score (nSPS) is 10.8. The van der Waals surface area contributed by atoms with Crippen LogP contribution in [0.3, 0.4) is 0 Å². The number of hydrogen-bond donors (Lipinski definition) is 1. The lowest BCUT2D eigenvalue weighted by atomic mass is 10.1. The van der Waals surface area contributed by atoms with E-state index in [1.165, 1.54) is 0 Å². The van der Waals surface area contributed by atoms with Gasteiger partial charge in [0.2, 0.25) is 5.82 Å². The van der Waals surface area contributed by atoms with Crippen LogP contribution in [0.5, 0.6) is 5.75 Å². The lowest BCUT2D eigenvalue weighted by Crippen LogP contribution is -1.86. The van der Waals surface area contributed by atoms with E-state index < -0.39 is 0 Å². The second-order valence-electron chi connectivity index (χ2n) is 4.86. The van der Waals surface area contributed by atoms with Gasteiger partial charge in [-0.15, -0.1) is 0 Å². The number of nitrogens with zero attached hydrogens (tertiary/aromatic N) is 2. The summed E-state index contributed by atoms with van der Waals surface area (Å²) in [6, 6.07) is 11.2. The Kier molecular flexibility index (Phi) is 3.51. The topological polar surface area (TPSA) is 59.2 Å². The second kappa shape index (κ2) is 5.33. The molecule has 0 unspecified atom stereocenters. The molecule has 0 aliphatic heterocycles. The summed E-state index contributed by atoms with van der Waals surface area (Å²) >= 11 is 3.51. The van der Waals surface area contributed by atoms with Gasteiger partial charge in [-0.05, 0) is 43.7 Å². The fourth-order valence-corrected chi connectivity index (χ4v) is 2.77. The summed E-state index contributed by atoms with van der Waals surface area (Å²) in [5.74, 6) is 1.12. The molecule has 2 aromatic carbocycles. The molecule has 0 bridgehead atoms. The van der Waals surface area contributed by atoms with Crippen molar-refractivity contribution in [3.8, 4) is 28.6 Å². The summed E-state index contributed by atoms with van der Waals surface area (Å²) in [5, 5.41) is 13.8. The number of rotatable bonds is 2. The maximum absolute atomic E-state index is 9.76. The van der Waals surface area contributed by atoms with Gasteiger partial charge in [-0.1, -0.05) is 33.2 Å². The number of halogens is 1. The zero-order chi connectivity index (χ0) is 15.0. The minimum atomic E-state index is 0.212. The lowest BCUT2D eigenvalue weighted by molar-refractivity contribution is 0.430. The number of benzene rings is 2. The first-order chi connectivity index (χ1) is 10.1. The summed E-state index contributed by atoms with van der Waals surface area (Å²) in [6.45, 7) is 3.84. The molecule has 106 valence electrons. The standard InChI is InChI=1S/C16H13BrN2O2/c1-9-6-7-12(13(17)8-9)15-18-16(21-19-15)11-4-3-5-14(20)10(11)2/h3-8,20H,1-2H3. The SMILES string of the molecule is Cc1ccc(-c2noc(-c3cccc(O)c3C)n2)c(Br)c1. The Morgan fingerprint density at radius 2 is 1.90 bits per heavy atom.